The second kappa shape index (κ2) is 6.22. The third-order valence-electron chi connectivity index (χ3n) is 4.25. The monoisotopic (exact) mass is 329 g/mol. The third-order valence-corrected chi connectivity index (χ3v) is 6.38. The van der Waals surface area contributed by atoms with Gasteiger partial charge in [0.05, 0.1) is 4.90 Å². The van der Waals surface area contributed by atoms with Gasteiger partial charge in [-0.05, 0) is 30.7 Å². The topological polar surface area (TPSA) is 52.7 Å². The zero-order valence-corrected chi connectivity index (χ0v) is 13.4. The molecule has 0 aliphatic carbocycles. The Hall–Kier alpha value is -0.660. The summed E-state index contributed by atoms with van der Waals surface area (Å²) in [6.07, 6.45) is 0.910. The number of hydrogen-bond acceptors (Lipinski definition) is 4. The largest absolute Gasteiger partial charge is 0.314 e. The van der Waals surface area contributed by atoms with Gasteiger partial charge in [-0.1, -0.05) is 11.6 Å². The van der Waals surface area contributed by atoms with E-state index in [0.29, 0.717) is 29.0 Å². The van der Waals surface area contributed by atoms with Crippen molar-refractivity contribution in [3.8, 4) is 0 Å². The van der Waals surface area contributed by atoms with Crippen LogP contribution in [0.2, 0.25) is 5.02 Å². The summed E-state index contributed by atoms with van der Waals surface area (Å²) in [5, 5.41) is 3.87. The maximum absolute atomic E-state index is 12.6. The molecule has 1 unspecified atom stereocenters. The highest BCUT2D eigenvalue weighted by Gasteiger charge is 2.35. The second-order valence-corrected chi connectivity index (χ2v) is 7.92. The molecule has 0 spiro atoms. The summed E-state index contributed by atoms with van der Waals surface area (Å²) in [4.78, 5) is 2.72. The van der Waals surface area contributed by atoms with Gasteiger partial charge in [0.2, 0.25) is 10.0 Å². The fourth-order valence-corrected chi connectivity index (χ4v) is 4.65. The van der Waals surface area contributed by atoms with E-state index in [1.807, 2.05) is 0 Å². The zero-order valence-electron chi connectivity index (χ0n) is 11.8. The van der Waals surface area contributed by atoms with Crippen LogP contribution in [0.1, 0.15) is 6.42 Å². The van der Waals surface area contributed by atoms with Gasteiger partial charge in [0, 0.05) is 50.3 Å². The Bertz CT molecular complexity index is 585. The number of benzene rings is 1. The third kappa shape index (κ3) is 3.24. The molecule has 2 heterocycles. The van der Waals surface area contributed by atoms with Crippen molar-refractivity contribution >= 4 is 21.6 Å². The van der Waals surface area contributed by atoms with Crippen LogP contribution in [0, 0.1) is 0 Å². The van der Waals surface area contributed by atoms with Gasteiger partial charge in [-0.2, -0.15) is 4.31 Å². The molecule has 0 radical (unpaired) electrons. The van der Waals surface area contributed by atoms with Gasteiger partial charge in [0.25, 0.3) is 0 Å². The fraction of sp³-hybridized carbons (Fsp3) is 0.571. The Labute approximate surface area is 130 Å². The number of piperazine rings is 1. The molecule has 1 aromatic carbocycles. The SMILES string of the molecule is O=S(=O)(c1ccc(Cl)cc1)N1CCC(N2CCNCC2)C1. The molecule has 1 atom stereocenters. The first kappa shape index (κ1) is 15.2. The van der Waals surface area contributed by atoms with E-state index in [2.05, 4.69) is 10.2 Å². The van der Waals surface area contributed by atoms with Gasteiger partial charge >= 0.3 is 0 Å². The van der Waals surface area contributed by atoms with Gasteiger partial charge in [-0.15, -0.1) is 0 Å². The molecule has 5 nitrogen and oxygen atoms in total. The van der Waals surface area contributed by atoms with Gasteiger partial charge < -0.3 is 5.32 Å². The molecule has 0 bridgehead atoms. The quantitative estimate of drug-likeness (QED) is 0.899. The van der Waals surface area contributed by atoms with Gasteiger partial charge in [0.1, 0.15) is 0 Å². The van der Waals surface area contributed by atoms with E-state index in [9.17, 15) is 8.42 Å². The molecule has 2 aliphatic heterocycles. The Morgan fingerprint density at radius 1 is 1.10 bits per heavy atom. The summed E-state index contributed by atoms with van der Waals surface area (Å²) < 4.78 is 26.9. The van der Waals surface area contributed by atoms with Crippen molar-refractivity contribution in [2.24, 2.45) is 0 Å². The Balaban J connectivity index is 1.71. The van der Waals surface area contributed by atoms with Crippen LogP contribution in [-0.2, 0) is 10.0 Å². The van der Waals surface area contributed by atoms with Crippen LogP contribution in [0.5, 0.6) is 0 Å². The summed E-state index contributed by atoms with van der Waals surface area (Å²) in [5.41, 5.74) is 0. The van der Waals surface area contributed by atoms with E-state index < -0.39 is 10.0 Å². The summed E-state index contributed by atoms with van der Waals surface area (Å²) in [5.74, 6) is 0. The predicted molar refractivity (Wildman–Crippen MR) is 83.1 cm³/mol. The minimum absolute atomic E-state index is 0.327. The highest BCUT2D eigenvalue weighted by Crippen LogP contribution is 2.24. The summed E-state index contributed by atoms with van der Waals surface area (Å²) in [6, 6.07) is 6.75. The Morgan fingerprint density at radius 2 is 1.76 bits per heavy atom. The molecule has 21 heavy (non-hydrogen) atoms. The number of nitrogens with one attached hydrogen (secondary N) is 1. The predicted octanol–water partition coefficient (Wildman–Crippen LogP) is 1.01. The van der Waals surface area contributed by atoms with Crippen LogP contribution in [0.15, 0.2) is 29.2 Å². The van der Waals surface area contributed by atoms with Crippen LogP contribution in [0.25, 0.3) is 0 Å². The van der Waals surface area contributed by atoms with E-state index in [1.54, 1.807) is 28.6 Å². The van der Waals surface area contributed by atoms with Gasteiger partial charge in [-0.25, -0.2) is 8.42 Å². The van der Waals surface area contributed by atoms with Crippen LogP contribution >= 0.6 is 11.6 Å². The van der Waals surface area contributed by atoms with E-state index in [0.717, 1.165) is 32.6 Å². The lowest BCUT2D eigenvalue weighted by Gasteiger charge is -2.32. The fourth-order valence-electron chi connectivity index (χ4n) is 3.03. The molecule has 3 rings (SSSR count). The average Bonchev–Trinajstić information content (AvgIpc) is 2.99. The Kier molecular flexibility index (Phi) is 4.51. The number of rotatable bonds is 3. The van der Waals surface area contributed by atoms with Gasteiger partial charge in [0.15, 0.2) is 0 Å². The van der Waals surface area contributed by atoms with Crippen LogP contribution in [0.4, 0.5) is 0 Å². The molecule has 0 saturated carbocycles. The lowest BCUT2D eigenvalue weighted by Crippen LogP contribution is -2.49. The number of hydrogen-bond donors (Lipinski definition) is 1. The van der Waals surface area contributed by atoms with E-state index in [-0.39, 0.29) is 0 Å². The molecule has 0 amide bonds. The molecule has 0 aromatic heterocycles. The molecule has 7 heteroatoms. The van der Waals surface area contributed by atoms with E-state index in [4.69, 9.17) is 11.6 Å². The molecule has 2 fully saturated rings. The molecular weight excluding hydrogens is 310 g/mol. The molecule has 1 N–H and O–H groups in total. The molecular formula is C14H20ClN3O2S. The first-order chi connectivity index (χ1) is 10.1. The van der Waals surface area contributed by atoms with Crippen molar-refractivity contribution in [3.63, 3.8) is 0 Å². The first-order valence-corrected chi connectivity index (χ1v) is 9.10. The Morgan fingerprint density at radius 3 is 2.43 bits per heavy atom. The standard InChI is InChI=1S/C14H20ClN3O2S/c15-12-1-3-14(4-2-12)21(19,20)18-8-5-13(11-18)17-9-6-16-7-10-17/h1-4,13,16H,5-11H2. The van der Waals surface area contributed by atoms with Crippen LogP contribution in [0.3, 0.4) is 0 Å². The highest BCUT2D eigenvalue weighted by molar-refractivity contribution is 7.89. The first-order valence-electron chi connectivity index (χ1n) is 7.28. The van der Waals surface area contributed by atoms with Gasteiger partial charge in [-0.3, -0.25) is 4.90 Å². The van der Waals surface area contributed by atoms with Crippen molar-refractivity contribution < 1.29 is 8.42 Å². The normalized spacial score (nSPS) is 25.3. The van der Waals surface area contributed by atoms with Crippen LogP contribution in [-0.4, -0.2) is 62.9 Å². The van der Waals surface area contributed by atoms with Crippen LogP contribution < -0.4 is 5.32 Å². The minimum atomic E-state index is -3.39. The smallest absolute Gasteiger partial charge is 0.243 e. The summed E-state index contributed by atoms with van der Waals surface area (Å²) >= 11 is 5.83. The maximum atomic E-state index is 12.6. The van der Waals surface area contributed by atoms with Crippen molar-refractivity contribution in [1.82, 2.24) is 14.5 Å². The number of nitrogens with zero attached hydrogens (tertiary/aromatic N) is 2. The second-order valence-electron chi connectivity index (χ2n) is 5.55. The molecule has 2 saturated heterocycles. The van der Waals surface area contributed by atoms with E-state index >= 15 is 0 Å². The van der Waals surface area contributed by atoms with Crippen molar-refractivity contribution in [2.45, 2.75) is 17.4 Å². The molecule has 1 aromatic rings. The molecule has 2 aliphatic rings. The summed E-state index contributed by atoms with van der Waals surface area (Å²) in [6.45, 7) is 5.16. The van der Waals surface area contributed by atoms with E-state index in [1.165, 1.54) is 0 Å². The average molecular weight is 330 g/mol. The van der Waals surface area contributed by atoms with Crippen molar-refractivity contribution in [3.05, 3.63) is 29.3 Å². The number of halogens is 1. The van der Waals surface area contributed by atoms with Crippen molar-refractivity contribution in [2.75, 3.05) is 39.3 Å². The maximum Gasteiger partial charge on any atom is 0.243 e. The lowest BCUT2D eigenvalue weighted by molar-refractivity contribution is 0.179. The zero-order chi connectivity index (χ0) is 14.9. The highest BCUT2D eigenvalue weighted by atomic mass is 35.5. The lowest BCUT2D eigenvalue weighted by atomic mass is 10.2. The summed E-state index contributed by atoms with van der Waals surface area (Å²) in [7, 11) is -3.39. The van der Waals surface area contributed by atoms with Crippen molar-refractivity contribution in [1.29, 1.82) is 0 Å². The number of sulfonamides is 1. The minimum Gasteiger partial charge on any atom is -0.314 e. The molecule has 116 valence electrons.